The molecule has 2 aromatic carbocycles. The van der Waals surface area contributed by atoms with Crippen LogP contribution in [0.2, 0.25) is 0 Å². The van der Waals surface area contributed by atoms with Gasteiger partial charge in [-0.2, -0.15) is 0 Å². The first-order chi connectivity index (χ1) is 9.47. The van der Waals surface area contributed by atoms with Crippen LogP contribution in [0, 0.1) is 21.7 Å². The van der Waals surface area contributed by atoms with Gasteiger partial charge in [0.1, 0.15) is 12.4 Å². The molecule has 0 heterocycles. The van der Waals surface area contributed by atoms with Crippen molar-refractivity contribution in [1.82, 2.24) is 0 Å². The first-order valence-electron chi connectivity index (χ1n) is 5.48. The molecular weight excluding hydrogens is 336 g/mol. The number of hydrogen-bond acceptors (Lipinski definition) is 3. The number of nitrogens with zero attached hydrogens (tertiary/aromatic N) is 1. The molecule has 0 aromatic heterocycles. The largest absolute Gasteiger partial charge is 0.489 e. The Balaban J connectivity index is 2.12. The Kier molecular flexibility index (Phi) is 4.29. The lowest BCUT2D eigenvalue weighted by molar-refractivity contribution is -0.385. The van der Waals surface area contributed by atoms with Crippen molar-refractivity contribution in [2.75, 3.05) is 0 Å². The van der Waals surface area contributed by atoms with Crippen LogP contribution in [-0.4, -0.2) is 4.92 Å². The summed E-state index contributed by atoms with van der Waals surface area (Å²) < 4.78 is 31.3. The van der Waals surface area contributed by atoms with Crippen LogP contribution in [0.1, 0.15) is 5.56 Å². The molecule has 0 saturated carbocycles. The van der Waals surface area contributed by atoms with Gasteiger partial charge in [0.2, 0.25) is 0 Å². The first kappa shape index (κ1) is 14.4. The van der Waals surface area contributed by atoms with Crippen molar-refractivity contribution in [1.29, 1.82) is 0 Å². The zero-order valence-electron chi connectivity index (χ0n) is 9.98. The summed E-state index contributed by atoms with van der Waals surface area (Å²) in [5.41, 5.74) is 0.459. The zero-order valence-corrected chi connectivity index (χ0v) is 11.6. The number of hydrogen-bond donors (Lipinski definition) is 0. The minimum Gasteiger partial charge on any atom is -0.489 e. The monoisotopic (exact) mass is 343 g/mol. The minimum atomic E-state index is -1.01. The standard InChI is InChI=1S/C13H8BrF2NO3/c14-10-3-1-8(5-13(10)17(18)19)7-20-9-2-4-11(15)12(16)6-9/h1-6H,7H2. The summed E-state index contributed by atoms with van der Waals surface area (Å²) in [7, 11) is 0. The summed E-state index contributed by atoms with van der Waals surface area (Å²) in [6.45, 7) is 0.0131. The number of rotatable bonds is 4. The molecule has 0 N–H and O–H groups in total. The number of ether oxygens (including phenoxy) is 1. The molecular formula is C13H8BrF2NO3. The zero-order chi connectivity index (χ0) is 14.7. The topological polar surface area (TPSA) is 52.4 Å². The van der Waals surface area contributed by atoms with E-state index in [2.05, 4.69) is 15.9 Å². The van der Waals surface area contributed by atoms with Gasteiger partial charge in [-0.05, 0) is 39.7 Å². The molecule has 4 nitrogen and oxygen atoms in total. The molecule has 0 bridgehead atoms. The first-order valence-corrected chi connectivity index (χ1v) is 6.27. The Hall–Kier alpha value is -2.02. The van der Waals surface area contributed by atoms with Crippen LogP contribution in [0.15, 0.2) is 40.9 Å². The second-order valence-electron chi connectivity index (χ2n) is 3.91. The molecule has 2 aromatic rings. The lowest BCUT2D eigenvalue weighted by atomic mass is 10.2. The van der Waals surface area contributed by atoms with Gasteiger partial charge < -0.3 is 4.74 Å². The average molecular weight is 344 g/mol. The van der Waals surface area contributed by atoms with Gasteiger partial charge in [-0.3, -0.25) is 10.1 Å². The maximum Gasteiger partial charge on any atom is 0.283 e. The van der Waals surface area contributed by atoms with Gasteiger partial charge in [0, 0.05) is 12.1 Å². The number of nitro groups is 1. The third-order valence-electron chi connectivity index (χ3n) is 2.50. The number of halogens is 3. The molecule has 20 heavy (non-hydrogen) atoms. The van der Waals surface area contributed by atoms with Crippen LogP contribution in [0.5, 0.6) is 5.75 Å². The van der Waals surface area contributed by atoms with Crippen molar-refractivity contribution in [3.8, 4) is 5.75 Å². The van der Waals surface area contributed by atoms with E-state index >= 15 is 0 Å². The van der Waals surface area contributed by atoms with Gasteiger partial charge >= 0.3 is 0 Å². The summed E-state index contributed by atoms with van der Waals surface area (Å²) in [5.74, 6) is -1.82. The molecule has 0 amide bonds. The molecule has 0 aliphatic carbocycles. The quantitative estimate of drug-likeness (QED) is 0.617. The van der Waals surface area contributed by atoms with E-state index < -0.39 is 16.6 Å². The van der Waals surface area contributed by atoms with Gasteiger partial charge in [-0.15, -0.1) is 0 Å². The van der Waals surface area contributed by atoms with Gasteiger partial charge in [-0.1, -0.05) is 6.07 Å². The molecule has 7 heteroatoms. The van der Waals surface area contributed by atoms with Crippen LogP contribution in [0.4, 0.5) is 14.5 Å². The fourth-order valence-corrected chi connectivity index (χ4v) is 1.91. The van der Waals surface area contributed by atoms with E-state index in [1.54, 1.807) is 6.07 Å². The molecule has 104 valence electrons. The van der Waals surface area contributed by atoms with Crippen LogP contribution in [0.25, 0.3) is 0 Å². The number of benzene rings is 2. The lowest BCUT2D eigenvalue weighted by Crippen LogP contribution is -1.98. The summed E-state index contributed by atoms with van der Waals surface area (Å²) in [6.07, 6.45) is 0. The van der Waals surface area contributed by atoms with Crippen molar-refractivity contribution in [3.05, 3.63) is 68.2 Å². The SMILES string of the molecule is O=[N+]([O-])c1cc(COc2ccc(F)c(F)c2)ccc1Br. The summed E-state index contributed by atoms with van der Waals surface area (Å²) in [5, 5.41) is 10.8. The van der Waals surface area contributed by atoms with E-state index in [4.69, 9.17) is 4.74 Å². The normalized spacial score (nSPS) is 10.3. The van der Waals surface area contributed by atoms with Crippen molar-refractivity contribution in [2.24, 2.45) is 0 Å². The van der Waals surface area contributed by atoms with Crippen molar-refractivity contribution in [3.63, 3.8) is 0 Å². The summed E-state index contributed by atoms with van der Waals surface area (Å²) in [6, 6.07) is 7.67. The third kappa shape index (κ3) is 3.30. The highest BCUT2D eigenvalue weighted by Gasteiger charge is 2.12. The summed E-state index contributed by atoms with van der Waals surface area (Å²) >= 11 is 3.07. The highest BCUT2D eigenvalue weighted by Crippen LogP contribution is 2.26. The van der Waals surface area contributed by atoms with Crippen LogP contribution >= 0.6 is 15.9 Å². The second-order valence-corrected chi connectivity index (χ2v) is 4.76. The van der Waals surface area contributed by atoms with E-state index in [1.807, 2.05) is 0 Å². The molecule has 2 rings (SSSR count). The minimum absolute atomic E-state index is 0.0131. The molecule has 0 radical (unpaired) electrons. The van der Waals surface area contributed by atoms with Gasteiger partial charge in [0.15, 0.2) is 11.6 Å². The highest BCUT2D eigenvalue weighted by molar-refractivity contribution is 9.10. The van der Waals surface area contributed by atoms with Crippen LogP contribution in [0.3, 0.4) is 0 Å². The predicted octanol–water partition coefficient (Wildman–Crippen LogP) is 4.21. The molecule has 0 unspecified atom stereocenters. The average Bonchev–Trinajstić information content (AvgIpc) is 2.41. The Bertz CT molecular complexity index is 664. The molecule has 0 fully saturated rings. The maximum atomic E-state index is 13.0. The molecule has 0 spiro atoms. The Morgan fingerprint density at radius 2 is 1.90 bits per heavy atom. The van der Waals surface area contributed by atoms with Gasteiger partial charge in [0.05, 0.1) is 9.40 Å². The Morgan fingerprint density at radius 3 is 2.55 bits per heavy atom. The van der Waals surface area contributed by atoms with Crippen LogP contribution in [-0.2, 0) is 6.61 Å². The van der Waals surface area contributed by atoms with E-state index in [-0.39, 0.29) is 18.0 Å². The third-order valence-corrected chi connectivity index (χ3v) is 3.17. The molecule has 0 atom stereocenters. The second kappa shape index (κ2) is 5.96. The maximum absolute atomic E-state index is 13.0. The van der Waals surface area contributed by atoms with Gasteiger partial charge in [-0.25, -0.2) is 8.78 Å². The van der Waals surface area contributed by atoms with E-state index in [1.165, 1.54) is 18.2 Å². The van der Waals surface area contributed by atoms with Crippen LogP contribution < -0.4 is 4.74 Å². The molecule has 0 aliphatic heterocycles. The van der Waals surface area contributed by atoms with Crippen molar-refractivity contribution in [2.45, 2.75) is 6.61 Å². The van der Waals surface area contributed by atoms with E-state index in [0.717, 1.165) is 12.1 Å². The Labute approximate surface area is 121 Å². The van der Waals surface area contributed by atoms with Crippen molar-refractivity contribution < 1.29 is 18.4 Å². The highest BCUT2D eigenvalue weighted by atomic mass is 79.9. The van der Waals surface area contributed by atoms with E-state index in [9.17, 15) is 18.9 Å². The van der Waals surface area contributed by atoms with E-state index in [0.29, 0.717) is 10.0 Å². The van der Waals surface area contributed by atoms with Gasteiger partial charge in [0.25, 0.3) is 5.69 Å². The molecule has 0 saturated heterocycles. The number of nitro benzene ring substituents is 1. The smallest absolute Gasteiger partial charge is 0.283 e. The van der Waals surface area contributed by atoms with Crippen molar-refractivity contribution >= 4 is 21.6 Å². The molecule has 0 aliphatic rings. The summed E-state index contributed by atoms with van der Waals surface area (Å²) in [4.78, 5) is 10.3. The predicted molar refractivity (Wildman–Crippen MR) is 71.5 cm³/mol. The Morgan fingerprint density at radius 1 is 1.15 bits per heavy atom. The fraction of sp³-hybridized carbons (Fsp3) is 0.0769. The lowest BCUT2D eigenvalue weighted by Gasteiger charge is -2.07. The fourth-order valence-electron chi connectivity index (χ4n) is 1.52.